The van der Waals surface area contributed by atoms with E-state index in [-0.39, 0.29) is 5.91 Å². The van der Waals surface area contributed by atoms with Gasteiger partial charge in [-0.2, -0.15) is 0 Å². The first-order chi connectivity index (χ1) is 12.0. The number of fused-ring (bicyclic) bond motifs is 1. The second-order valence-corrected chi connectivity index (χ2v) is 5.50. The van der Waals surface area contributed by atoms with Crippen molar-refractivity contribution in [3.05, 3.63) is 71.2 Å². The van der Waals surface area contributed by atoms with Crippen LogP contribution in [0.25, 0.3) is 10.9 Å². The van der Waals surface area contributed by atoms with E-state index < -0.39 is 11.8 Å². The highest BCUT2D eigenvalue weighted by molar-refractivity contribution is 6.12. The van der Waals surface area contributed by atoms with Crippen molar-refractivity contribution >= 4 is 28.5 Å². The number of amides is 1. The van der Waals surface area contributed by atoms with Crippen molar-refractivity contribution in [3.63, 3.8) is 0 Å². The second-order valence-electron chi connectivity index (χ2n) is 5.50. The van der Waals surface area contributed by atoms with Crippen LogP contribution in [-0.2, 0) is 4.74 Å². The molecule has 1 N–H and O–H groups in total. The van der Waals surface area contributed by atoms with Crippen molar-refractivity contribution in [3.8, 4) is 0 Å². The third kappa shape index (κ3) is 3.47. The average Bonchev–Trinajstić information content (AvgIpc) is 2.61. The van der Waals surface area contributed by atoms with Gasteiger partial charge in [0, 0.05) is 16.8 Å². The fraction of sp³-hybridized carbons (Fsp3) is 0.105. The number of halogens is 1. The summed E-state index contributed by atoms with van der Waals surface area (Å²) in [6.07, 6.45) is 0. The SMILES string of the molecule is COC(=O)c1ccc(NC(=O)c2cc(C)nc3ccc(F)cc23)cc1. The Bertz CT molecular complexity index is 968. The van der Waals surface area contributed by atoms with Crippen LogP contribution in [0.3, 0.4) is 0 Å². The predicted octanol–water partition coefficient (Wildman–Crippen LogP) is 3.72. The molecule has 25 heavy (non-hydrogen) atoms. The fourth-order valence-electron chi connectivity index (χ4n) is 2.52. The monoisotopic (exact) mass is 338 g/mol. The van der Waals surface area contributed by atoms with Crippen molar-refractivity contribution in [2.45, 2.75) is 6.92 Å². The molecule has 1 amide bonds. The maximum atomic E-state index is 13.6. The van der Waals surface area contributed by atoms with Crippen molar-refractivity contribution in [1.82, 2.24) is 4.98 Å². The summed E-state index contributed by atoms with van der Waals surface area (Å²) >= 11 is 0. The predicted molar refractivity (Wildman–Crippen MR) is 92.2 cm³/mol. The summed E-state index contributed by atoms with van der Waals surface area (Å²) in [5.74, 6) is -1.27. The van der Waals surface area contributed by atoms with Gasteiger partial charge in [0.1, 0.15) is 5.82 Å². The molecule has 0 radical (unpaired) electrons. The number of carbonyl (C=O) groups is 2. The average molecular weight is 338 g/mol. The van der Waals surface area contributed by atoms with Crippen LogP contribution in [0.5, 0.6) is 0 Å². The minimum absolute atomic E-state index is 0.332. The number of rotatable bonds is 3. The Kier molecular flexibility index (Phi) is 4.43. The third-order valence-corrected chi connectivity index (χ3v) is 3.71. The number of hydrogen-bond donors (Lipinski definition) is 1. The number of nitrogens with one attached hydrogen (secondary N) is 1. The lowest BCUT2D eigenvalue weighted by Crippen LogP contribution is -2.13. The molecular formula is C19H15FN2O3. The quantitative estimate of drug-likeness (QED) is 0.739. The minimum Gasteiger partial charge on any atom is -0.465 e. The number of anilines is 1. The summed E-state index contributed by atoms with van der Waals surface area (Å²) in [6, 6.07) is 12.1. The molecule has 1 heterocycles. The summed E-state index contributed by atoms with van der Waals surface area (Å²) in [7, 11) is 1.30. The number of benzene rings is 2. The zero-order valence-electron chi connectivity index (χ0n) is 13.7. The van der Waals surface area contributed by atoms with Gasteiger partial charge in [0.05, 0.1) is 23.8 Å². The van der Waals surface area contributed by atoms with Gasteiger partial charge in [-0.15, -0.1) is 0 Å². The van der Waals surface area contributed by atoms with Crippen LogP contribution in [0, 0.1) is 12.7 Å². The Balaban J connectivity index is 1.92. The number of ether oxygens (including phenoxy) is 1. The summed E-state index contributed by atoms with van der Waals surface area (Å²) < 4.78 is 18.2. The van der Waals surface area contributed by atoms with Crippen LogP contribution >= 0.6 is 0 Å². The topological polar surface area (TPSA) is 68.3 Å². The van der Waals surface area contributed by atoms with Gasteiger partial charge in [-0.25, -0.2) is 9.18 Å². The van der Waals surface area contributed by atoms with E-state index in [1.807, 2.05) is 0 Å². The largest absolute Gasteiger partial charge is 0.465 e. The fourth-order valence-corrected chi connectivity index (χ4v) is 2.52. The molecule has 0 bridgehead atoms. The first-order valence-corrected chi connectivity index (χ1v) is 7.54. The number of aryl methyl sites for hydroxylation is 1. The lowest BCUT2D eigenvalue weighted by Gasteiger charge is -2.10. The second kappa shape index (κ2) is 6.68. The van der Waals surface area contributed by atoms with Gasteiger partial charge >= 0.3 is 5.97 Å². The number of esters is 1. The molecule has 5 nitrogen and oxygen atoms in total. The Labute approximate surface area is 143 Å². The highest BCUT2D eigenvalue weighted by Crippen LogP contribution is 2.21. The molecule has 0 aliphatic carbocycles. The van der Waals surface area contributed by atoms with E-state index in [2.05, 4.69) is 15.0 Å². The molecule has 0 unspecified atom stereocenters. The number of aromatic nitrogens is 1. The van der Waals surface area contributed by atoms with Gasteiger partial charge in [0.15, 0.2) is 0 Å². The van der Waals surface area contributed by atoms with Gasteiger partial charge in [-0.05, 0) is 55.5 Å². The van der Waals surface area contributed by atoms with Crippen LogP contribution in [0.15, 0.2) is 48.5 Å². The standard InChI is InChI=1S/C19H15FN2O3/c1-11-9-16(15-10-13(20)5-8-17(15)21-11)18(23)22-14-6-3-12(4-7-14)19(24)25-2/h3-10H,1-2H3,(H,22,23). The van der Waals surface area contributed by atoms with Gasteiger partial charge in [-0.3, -0.25) is 9.78 Å². The van der Waals surface area contributed by atoms with Gasteiger partial charge in [0.25, 0.3) is 5.91 Å². The zero-order chi connectivity index (χ0) is 18.0. The summed E-state index contributed by atoms with van der Waals surface area (Å²) in [5.41, 5.74) is 2.43. The highest BCUT2D eigenvalue weighted by atomic mass is 19.1. The van der Waals surface area contributed by atoms with E-state index in [0.29, 0.717) is 33.4 Å². The van der Waals surface area contributed by atoms with Gasteiger partial charge < -0.3 is 10.1 Å². The van der Waals surface area contributed by atoms with E-state index >= 15 is 0 Å². The molecule has 126 valence electrons. The van der Waals surface area contributed by atoms with Gasteiger partial charge in [0.2, 0.25) is 0 Å². The van der Waals surface area contributed by atoms with Gasteiger partial charge in [-0.1, -0.05) is 0 Å². The molecule has 0 saturated heterocycles. The number of carbonyl (C=O) groups excluding carboxylic acids is 2. The molecule has 3 rings (SSSR count). The molecule has 0 aliphatic heterocycles. The molecule has 0 atom stereocenters. The van der Waals surface area contributed by atoms with Crippen LogP contribution in [0.4, 0.5) is 10.1 Å². The summed E-state index contributed by atoms with van der Waals surface area (Å²) in [4.78, 5) is 28.4. The van der Waals surface area contributed by atoms with E-state index in [4.69, 9.17) is 0 Å². The molecule has 1 aromatic heterocycles. The lowest BCUT2D eigenvalue weighted by atomic mass is 10.1. The lowest BCUT2D eigenvalue weighted by molar-refractivity contribution is 0.0600. The first-order valence-electron chi connectivity index (χ1n) is 7.54. The molecule has 0 fully saturated rings. The Hall–Kier alpha value is -3.28. The molecule has 6 heteroatoms. The van der Waals surface area contributed by atoms with Crippen LogP contribution in [-0.4, -0.2) is 24.0 Å². The smallest absolute Gasteiger partial charge is 0.337 e. The Morgan fingerprint density at radius 3 is 2.48 bits per heavy atom. The molecule has 3 aromatic rings. The number of nitrogens with zero attached hydrogens (tertiary/aromatic N) is 1. The summed E-state index contributed by atoms with van der Waals surface area (Å²) in [5, 5.41) is 3.18. The van der Waals surface area contributed by atoms with Crippen LogP contribution in [0.2, 0.25) is 0 Å². The first kappa shape index (κ1) is 16.6. The van der Waals surface area contributed by atoms with E-state index in [0.717, 1.165) is 0 Å². The van der Waals surface area contributed by atoms with E-state index in [9.17, 15) is 14.0 Å². The molecule has 0 spiro atoms. The van der Waals surface area contributed by atoms with E-state index in [1.165, 1.54) is 19.2 Å². The van der Waals surface area contributed by atoms with Crippen molar-refractivity contribution < 1.29 is 18.7 Å². The summed E-state index contributed by atoms with van der Waals surface area (Å²) in [6.45, 7) is 1.77. The normalized spacial score (nSPS) is 10.5. The van der Waals surface area contributed by atoms with Crippen molar-refractivity contribution in [2.75, 3.05) is 12.4 Å². The number of methoxy groups -OCH3 is 1. The maximum Gasteiger partial charge on any atom is 0.337 e. The molecule has 0 aliphatic rings. The Morgan fingerprint density at radius 1 is 1.08 bits per heavy atom. The number of pyridine rings is 1. The van der Waals surface area contributed by atoms with Crippen molar-refractivity contribution in [1.29, 1.82) is 0 Å². The highest BCUT2D eigenvalue weighted by Gasteiger charge is 2.13. The van der Waals surface area contributed by atoms with E-state index in [1.54, 1.807) is 43.3 Å². The zero-order valence-corrected chi connectivity index (χ0v) is 13.7. The molecular weight excluding hydrogens is 323 g/mol. The third-order valence-electron chi connectivity index (χ3n) is 3.71. The van der Waals surface area contributed by atoms with Crippen molar-refractivity contribution in [2.24, 2.45) is 0 Å². The van der Waals surface area contributed by atoms with Crippen LogP contribution in [0.1, 0.15) is 26.4 Å². The number of hydrogen-bond acceptors (Lipinski definition) is 4. The van der Waals surface area contributed by atoms with Crippen LogP contribution < -0.4 is 5.32 Å². The maximum absolute atomic E-state index is 13.6. The Morgan fingerprint density at radius 2 is 1.80 bits per heavy atom. The minimum atomic E-state index is -0.455. The molecule has 0 saturated carbocycles. The molecule has 2 aromatic carbocycles.